The predicted molar refractivity (Wildman–Crippen MR) is 66.1 cm³/mol. The molecule has 1 aliphatic heterocycles. The maximum absolute atomic E-state index is 13.7. The molecular formula is C15H19F3O3. The minimum absolute atomic E-state index is 0.127. The molecule has 3 saturated carbocycles. The smallest absolute Gasteiger partial charge is 0.407 e. The van der Waals surface area contributed by atoms with Crippen molar-refractivity contribution < 1.29 is 27.4 Å². The monoisotopic (exact) mass is 304 g/mol. The number of ether oxygens (including phenoxy) is 2. The first-order valence-electron chi connectivity index (χ1n) is 7.89. The van der Waals surface area contributed by atoms with Crippen LogP contribution in [0.4, 0.5) is 13.2 Å². The Morgan fingerprint density at radius 1 is 1.05 bits per heavy atom. The molecule has 0 aromatic heterocycles. The van der Waals surface area contributed by atoms with Crippen molar-refractivity contribution in [1.82, 2.24) is 0 Å². The van der Waals surface area contributed by atoms with E-state index >= 15 is 0 Å². The van der Waals surface area contributed by atoms with Crippen molar-refractivity contribution in [2.75, 3.05) is 0 Å². The number of fused-ring (bicyclic) bond motifs is 4. The zero-order chi connectivity index (χ0) is 14.9. The van der Waals surface area contributed by atoms with Crippen molar-refractivity contribution >= 4 is 5.97 Å². The lowest BCUT2D eigenvalue weighted by Gasteiger charge is -2.62. The van der Waals surface area contributed by atoms with E-state index in [9.17, 15) is 18.0 Å². The average Bonchev–Trinajstić information content (AvgIpc) is 2.80. The van der Waals surface area contributed by atoms with Gasteiger partial charge in [-0.15, -0.1) is 0 Å². The number of halogens is 3. The number of carbonyl (C=O) groups excluding carboxylic acids is 1. The molecule has 1 heterocycles. The van der Waals surface area contributed by atoms with Gasteiger partial charge in [0.05, 0.1) is 6.10 Å². The lowest BCUT2D eigenvalue weighted by Crippen LogP contribution is -2.76. The van der Waals surface area contributed by atoms with Crippen LogP contribution in [0.15, 0.2) is 0 Å². The second-order valence-corrected chi connectivity index (χ2v) is 6.97. The summed E-state index contributed by atoms with van der Waals surface area (Å²) in [6.07, 6.45) is 0.0711. The predicted octanol–water partition coefficient (Wildman–Crippen LogP) is 3.57. The van der Waals surface area contributed by atoms with Crippen molar-refractivity contribution in [2.24, 2.45) is 17.3 Å². The van der Waals surface area contributed by atoms with Gasteiger partial charge in [0.25, 0.3) is 0 Å². The van der Waals surface area contributed by atoms with E-state index in [2.05, 4.69) is 0 Å². The first kappa shape index (κ1) is 13.9. The minimum atomic E-state index is -4.59. The fraction of sp³-hybridized carbons (Fsp3) is 0.933. The van der Waals surface area contributed by atoms with Gasteiger partial charge >= 0.3 is 12.1 Å². The molecule has 118 valence electrons. The Morgan fingerprint density at radius 2 is 1.76 bits per heavy atom. The van der Waals surface area contributed by atoms with E-state index in [-0.39, 0.29) is 5.92 Å². The van der Waals surface area contributed by atoms with E-state index in [0.717, 1.165) is 32.1 Å². The highest BCUT2D eigenvalue weighted by atomic mass is 19.4. The second kappa shape index (κ2) is 4.15. The number of hydrogen-bond donors (Lipinski definition) is 0. The molecule has 1 saturated heterocycles. The Bertz CT molecular complexity index is 469. The third kappa shape index (κ3) is 1.57. The summed E-state index contributed by atoms with van der Waals surface area (Å²) in [6.45, 7) is 0. The van der Waals surface area contributed by atoms with Gasteiger partial charge in [-0.1, -0.05) is 12.8 Å². The topological polar surface area (TPSA) is 35.5 Å². The van der Waals surface area contributed by atoms with Crippen LogP contribution in [0.25, 0.3) is 0 Å². The molecule has 0 aromatic carbocycles. The van der Waals surface area contributed by atoms with E-state index in [4.69, 9.17) is 9.47 Å². The molecule has 0 radical (unpaired) electrons. The van der Waals surface area contributed by atoms with Crippen molar-refractivity contribution in [3.8, 4) is 0 Å². The summed E-state index contributed by atoms with van der Waals surface area (Å²) in [5.74, 6) is -2.92. The molecular weight excluding hydrogens is 285 g/mol. The average molecular weight is 304 g/mol. The van der Waals surface area contributed by atoms with Gasteiger partial charge in [-0.3, -0.25) is 4.79 Å². The van der Waals surface area contributed by atoms with Gasteiger partial charge in [0.1, 0.15) is 0 Å². The van der Waals surface area contributed by atoms with E-state index in [0.29, 0.717) is 19.3 Å². The Labute approximate surface area is 121 Å². The molecule has 21 heavy (non-hydrogen) atoms. The van der Waals surface area contributed by atoms with Crippen molar-refractivity contribution in [3.05, 3.63) is 0 Å². The lowest BCUT2D eigenvalue weighted by molar-refractivity contribution is -0.411. The van der Waals surface area contributed by atoms with E-state index in [1.165, 1.54) is 0 Å². The number of carbonyl (C=O) groups is 1. The van der Waals surface area contributed by atoms with Crippen LogP contribution in [-0.4, -0.2) is 24.0 Å². The molecule has 3 nitrogen and oxygen atoms in total. The maximum atomic E-state index is 13.7. The Kier molecular flexibility index (Phi) is 2.74. The highest BCUT2D eigenvalue weighted by molar-refractivity contribution is 5.82. The summed E-state index contributed by atoms with van der Waals surface area (Å²) in [6, 6.07) is 0. The SMILES string of the molecule is O=C1OC2(CCCCC2)O[C@@H]2[C@H]3CCC[C@H]3[C@]12C(F)(F)F. The summed E-state index contributed by atoms with van der Waals surface area (Å²) < 4.78 is 52.2. The van der Waals surface area contributed by atoms with Crippen LogP contribution >= 0.6 is 0 Å². The van der Waals surface area contributed by atoms with Crippen LogP contribution in [0.2, 0.25) is 0 Å². The Hall–Kier alpha value is -0.780. The summed E-state index contributed by atoms with van der Waals surface area (Å²) >= 11 is 0. The normalized spacial score (nSPS) is 44.7. The summed E-state index contributed by atoms with van der Waals surface area (Å²) in [7, 11) is 0. The maximum Gasteiger partial charge on any atom is 0.407 e. The van der Waals surface area contributed by atoms with Gasteiger partial charge in [-0.05, 0) is 37.5 Å². The number of alkyl halides is 3. The van der Waals surface area contributed by atoms with Crippen LogP contribution in [0.1, 0.15) is 51.4 Å². The van der Waals surface area contributed by atoms with Crippen molar-refractivity contribution in [2.45, 2.75) is 69.4 Å². The molecule has 0 aromatic rings. The largest absolute Gasteiger partial charge is 0.432 e. The lowest BCUT2D eigenvalue weighted by atomic mass is 9.51. The molecule has 3 aliphatic carbocycles. The fourth-order valence-electron chi connectivity index (χ4n) is 5.10. The third-order valence-electron chi connectivity index (χ3n) is 6.03. The summed E-state index contributed by atoms with van der Waals surface area (Å²) in [4.78, 5) is 12.4. The number of hydrogen-bond acceptors (Lipinski definition) is 3. The molecule has 4 rings (SSSR count). The summed E-state index contributed by atoms with van der Waals surface area (Å²) in [5, 5.41) is 0. The van der Waals surface area contributed by atoms with Crippen LogP contribution < -0.4 is 0 Å². The Morgan fingerprint density at radius 3 is 2.43 bits per heavy atom. The molecule has 1 spiro atoms. The van der Waals surface area contributed by atoms with E-state index < -0.39 is 35.4 Å². The quantitative estimate of drug-likeness (QED) is 0.642. The first-order chi connectivity index (χ1) is 9.91. The zero-order valence-corrected chi connectivity index (χ0v) is 11.7. The van der Waals surface area contributed by atoms with Crippen molar-refractivity contribution in [3.63, 3.8) is 0 Å². The standard InChI is InChI=1S/C15H19F3O3/c16-15(17,18)14-10-6-4-5-9(10)11(14)20-13(21-12(14)19)7-2-1-3-8-13/h9-11H,1-8H2/t9-,10+,11+,14+/m0/s1. The van der Waals surface area contributed by atoms with E-state index in [1.54, 1.807) is 0 Å². The molecule has 4 fully saturated rings. The highest BCUT2D eigenvalue weighted by Gasteiger charge is 2.83. The zero-order valence-electron chi connectivity index (χ0n) is 11.7. The molecule has 4 aliphatic rings. The van der Waals surface area contributed by atoms with Gasteiger partial charge in [0.2, 0.25) is 5.79 Å². The Balaban J connectivity index is 1.72. The highest BCUT2D eigenvalue weighted by Crippen LogP contribution is 2.69. The molecule has 0 amide bonds. The molecule has 0 unspecified atom stereocenters. The van der Waals surface area contributed by atoms with Crippen LogP contribution in [0.3, 0.4) is 0 Å². The first-order valence-corrected chi connectivity index (χ1v) is 7.89. The molecule has 0 N–H and O–H groups in total. The molecule has 6 heteroatoms. The molecule has 0 bridgehead atoms. The molecule has 4 atom stereocenters. The van der Waals surface area contributed by atoms with Gasteiger partial charge in [-0.2, -0.15) is 13.2 Å². The van der Waals surface area contributed by atoms with E-state index in [1.807, 2.05) is 0 Å². The van der Waals surface area contributed by atoms with Gasteiger partial charge in [-0.25, -0.2) is 0 Å². The number of rotatable bonds is 0. The van der Waals surface area contributed by atoms with Crippen LogP contribution in [-0.2, 0) is 14.3 Å². The van der Waals surface area contributed by atoms with Gasteiger partial charge < -0.3 is 9.47 Å². The van der Waals surface area contributed by atoms with Gasteiger partial charge in [0.15, 0.2) is 5.41 Å². The second-order valence-electron chi connectivity index (χ2n) is 6.97. The fourth-order valence-corrected chi connectivity index (χ4v) is 5.10. The summed E-state index contributed by atoms with van der Waals surface area (Å²) in [5.41, 5.74) is -2.39. The minimum Gasteiger partial charge on any atom is -0.432 e. The van der Waals surface area contributed by atoms with Gasteiger partial charge in [0, 0.05) is 12.8 Å². The third-order valence-corrected chi connectivity index (χ3v) is 6.03. The van der Waals surface area contributed by atoms with Crippen LogP contribution in [0, 0.1) is 17.3 Å². The van der Waals surface area contributed by atoms with Crippen molar-refractivity contribution in [1.29, 1.82) is 0 Å². The number of esters is 1. The van der Waals surface area contributed by atoms with Crippen LogP contribution in [0.5, 0.6) is 0 Å².